The molecule has 1 saturated carbocycles. The first-order chi connectivity index (χ1) is 13.9. The second-order valence-corrected chi connectivity index (χ2v) is 7.05. The fourth-order valence-electron chi connectivity index (χ4n) is 4.26. The van der Waals surface area contributed by atoms with Crippen LogP contribution < -0.4 is 4.74 Å². The van der Waals surface area contributed by atoms with E-state index < -0.39 is 29.3 Å². The highest BCUT2D eigenvalue weighted by atomic mass is 16.6. The molecule has 29 heavy (non-hydrogen) atoms. The van der Waals surface area contributed by atoms with Gasteiger partial charge in [0.15, 0.2) is 6.61 Å². The lowest BCUT2D eigenvalue weighted by Crippen LogP contribution is -2.28. The number of hydrazone groups is 1. The highest BCUT2D eigenvalue weighted by Gasteiger charge is 2.59. The van der Waals surface area contributed by atoms with Crippen LogP contribution in [-0.4, -0.2) is 47.6 Å². The van der Waals surface area contributed by atoms with E-state index in [4.69, 9.17) is 4.74 Å². The summed E-state index contributed by atoms with van der Waals surface area (Å²) < 4.78 is 9.74. The van der Waals surface area contributed by atoms with Gasteiger partial charge in [-0.2, -0.15) is 10.1 Å². The van der Waals surface area contributed by atoms with Crippen molar-refractivity contribution in [1.29, 1.82) is 0 Å². The van der Waals surface area contributed by atoms with Crippen molar-refractivity contribution >= 4 is 29.7 Å². The van der Waals surface area contributed by atoms with Crippen molar-refractivity contribution in [3.05, 3.63) is 46.0 Å². The minimum absolute atomic E-state index is 0.0541. The number of nitrogens with zero attached hydrogens (tertiary/aromatic N) is 3. The predicted octanol–water partition coefficient (Wildman–Crippen LogP) is 1.29. The molecule has 10 heteroatoms. The van der Waals surface area contributed by atoms with E-state index in [0.717, 1.165) is 24.8 Å². The van der Waals surface area contributed by atoms with Gasteiger partial charge >= 0.3 is 11.7 Å². The van der Waals surface area contributed by atoms with Crippen molar-refractivity contribution in [3.63, 3.8) is 0 Å². The topological polar surface area (TPSA) is 128 Å². The van der Waals surface area contributed by atoms with E-state index in [2.05, 4.69) is 9.84 Å². The first kappa shape index (κ1) is 18.8. The Balaban J connectivity index is 1.61. The van der Waals surface area contributed by atoms with Gasteiger partial charge in [0.1, 0.15) is 0 Å². The van der Waals surface area contributed by atoms with E-state index >= 15 is 0 Å². The number of imide groups is 1. The number of benzene rings is 1. The number of nitro groups is 1. The summed E-state index contributed by atoms with van der Waals surface area (Å²) in [5.41, 5.74) is -0.224. The third-order valence-corrected chi connectivity index (χ3v) is 5.54. The van der Waals surface area contributed by atoms with Crippen LogP contribution in [0.5, 0.6) is 5.75 Å². The molecule has 0 aromatic heterocycles. The Labute approximate surface area is 164 Å². The van der Waals surface area contributed by atoms with Crippen LogP contribution in [0, 0.1) is 33.8 Å². The van der Waals surface area contributed by atoms with Gasteiger partial charge in [0.25, 0.3) is 11.8 Å². The van der Waals surface area contributed by atoms with Crippen LogP contribution in [0.2, 0.25) is 0 Å². The van der Waals surface area contributed by atoms with Crippen molar-refractivity contribution < 1.29 is 28.8 Å². The zero-order valence-corrected chi connectivity index (χ0v) is 15.4. The standard InChI is InChI=1S/C19H17N3O7/c1-28-14(23)9-29-17-12(3-2-4-13(17)22(26)27)8-20-21-18(24)15-10-5-6-11(7-10)16(15)19(21)25/h2-6,8,10-11,15-16H,7,9H2,1H3/t10-,11-,15-,16+/m0/s1. The van der Waals surface area contributed by atoms with E-state index in [9.17, 15) is 24.5 Å². The Bertz CT molecular complexity index is 941. The molecule has 3 aliphatic rings. The predicted molar refractivity (Wildman–Crippen MR) is 97.8 cm³/mol. The lowest BCUT2D eigenvalue weighted by Gasteiger charge is -2.13. The summed E-state index contributed by atoms with van der Waals surface area (Å²) in [6.45, 7) is -0.539. The molecule has 1 aromatic rings. The first-order valence-electron chi connectivity index (χ1n) is 8.99. The number of allylic oxidation sites excluding steroid dienone is 2. The Morgan fingerprint density at radius 2 is 1.93 bits per heavy atom. The van der Waals surface area contributed by atoms with Crippen molar-refractivity contribution in [1.82, 2.24) is 5.01 Å². The summed E-state index contributed by atoms with van der Waals surface area (Å²) in [4.78, 5) is 47.4. The average molecular weight is 399 g/mol. The molecular weight excluding hydrogens is 382 g/mol. The number of rotatable bonds is 6. The van der Waals surface area contributed by atoms with Crippen LogP contribution >= 0.6 is 0 Å². The molecule has 0 spiro atoms. The van der Waals surface area contributed by atoms with Crippen LogP contribution in [0.4, 0.5) is 5.69 Å². The molecule has 4 rings (SSSR count). The molecule has 2 fully saturated rings. The number of methoxy groups -OCH3 is 1. The highest BCUT2D eigenvalue weighted by Crippen LogP contribution is 2.52. The van der Waals surface area contributed by atoms with Gasteiger partial charge in [-0.3, -0.25) is 19.7 Å². The van der Waals surface area contributed by atoms with Gasteiger partial charge in [0.2, 0.25) is 5.75 Å². The van der Waals surface area contributed by atoms with Gasteiger partial charge in [-0.05, 0) is 24.3 Å². The number of ether oxygens (including phenoxy) is 2. The maximum Gasteiger partial charge on any atom is 0.343 e. The van der Waals surface area contributed by atoms with Gasteiger partial charge in [-0.15, -0.1) is 0 Å². The van der Waals surface area contributed by atoms with E-state index in [1.807, 2.05) is 12.2 Å². The molecule has 2 amide bonds. The van der Waals surface area contributed by atoms with Gasteiger partial charge in [-0.25, -0.2) is 4.79 Å². The smallest absolute Gasteiger partial charge is 0.343 e. The lowest BCUT2D eigenvalue weighted by molar-refractivity contribution is -0.385. The molecule has 1 aromatic carbocycles. The van der Waals surface area contributed by atoms with Crippen LogP contribution in [0.1, 0.15) is 12.0 Å². The molecule has 1 aliphatic heterocycles. The Hall–Kier alpha value is -3.56. The van der Waals surface area contributed by atoms with E-state index in [-0.39, 0.29) is 40.7 Å². The largest absolute Gasteiger partial charge is 0.474 e. The van der Waals surface area contributed by atoms with Crippen LogP contribution in [0.3, 0.4) is 0 Å². The van der Waals surface area contributed by atoms with Gasteiger partial charge in [0, 0.05) is 11.6 Å². The Kier molecular flexibility index (Phi) is 4.61. The molecule has 0 N–H and O–H groups in total. The average Bonchev–Trinajstić information content (AvgIpc) is 3.39. The minimum Gasteiger partial charge on any atom is -0.474 e. The molecule has 4 atom stereocenters. The SMILES string of the molecule is COC(=O)COc1c(C=NN2C(=O)[C@@H]3[C@H](C2=O)[C@H]2C=C[C@H]3C2)cccc1[N+](=O)[O-]. The quantitative estimate of drug-likeness (QED) is 0.176. The van der Waals surface area contributed by atoms with Gasteiger partial charge in [-0.1, -0.05) is 18.2 Å². The summed E-state index contributed by atoms with van der Waals surface area (Å²) in [5, 5.41) is 16.1. The zero-order chi connectivity index (χ0) is 20.7. The van der Waals surface area contributed by atoms with Crippen molar-refractivity contribution in [2.75, 3.05) is 13.7 Å². The number of carbonyl (C=O) groups is 3. The molecule has 0 unspecified atom stereocenters. The first-order valence-corrected chi connectivity index (χ1v) is 8.99. The molecule has 1 heterocycles. The Morgan fingerprint density at radius 3 is 2.52 bits per heavy atom. The van der Waals surface area contributed by atoms with E-state index in [0.29, 0.717) is 0 Å². The van der Waals surface area contributed by atoms with Crippen LogP contribution in [0.25, 0.3) is 0 Å². The van der Waals surface area contributed by atoms with Crippen LogP contribution in [-0.2, 0) is 19.1 Å². The summed E-state index contributed by atoms with van der Waals surface area (Å²) in [6, 6.07) is 4.10. The molecule has 0 radical (unpaired) electrons. The molecular formula is C19H17N3O7. The second-order valence-electron chi connectivity index (χ2n) is 7.05. The monoisotopic (exact) mass is 399 g/mol. The summed E-state index contributed by atoms with van der Waals surface area (Å²) >= 11 is 0. The normalized spacial score (nSPS) is 27.0. The minimum atomic E-state index is -0.716. The maximum absolute atomic E-state index is 12.7. The number of amides is 2. The number of para-hydroxylation sites is 1. The third kappa shape index (κ3) is 3.06. The molecule has 2 aliphatic carbocycles. The number of esters is 1. The second kappa shape index (κ2) is 7.12. The number of nitro benzene ring substituents is 1. The third-order valence-electron chi connectivity index (χ3n) is 5.54. The van der Waals surface area contributed by atoms with Crippen molar-refractivity contribution in [3.8, 4) is 5.75 Å². The number of hydrogen-bond acceptors (Lipinski definition) is 8. The lowest BCUT2D eigenvalue weighted by atomic mass is 9.85. The summed E-state index contributed by atoms with van der Waals surface area (Å²) in [7, 11) is 1.16. The summed E-state index contributed by atoms with van der Waals surface area (Å²) in [5.74, 6) is -2.33. The zero-order valence-electron chi connectivity index (χ0n) is 15.4. The van der Waals surface area contributed by atoms with E-state index in [1.165, 1.54) is 18.2 Å². The Morgan fingerprint density at radius 1 is 1.28 bits per heavy atom. The molecule has 1 saturated heterocycles. The molecule has 150 valence electrons. The fraction of sp³-hybridized carbons (Fsp3) is 0.368. The van der Waals surface area contributed by atoms with Crippen molar-refractivity contribution in [2.45, 2.75) is 6.42 Å². The summed E-state index contributed by atoms with van der Waals surface area (Å²) in [6.07, 6.45) is 5.92. The van der Waals surface area contributed by atoms with E-state index in [1.54, 1.807) is 0 Å². The van der Waals surface area contributed by atoms with Crippen molar-refractivity contribution in [2.24, 2.45) is 28.8 Å². The maximum atomic E-state index is 12.7. The number of fused-ring (bicyclic) bond motifs is 5. The van der Waals surface area contributed by atoms with Gasteiger partial charge in [0.05, 0.1) is 30.1 Å². The molecule has 10 nitrogen and oxygen atoms in total. The van der Waals surface area contributed by atoms with Gasteiger partial charge < -0.3 is 9.47 Å². The highest BCUT2D eigenvalue weighted by molar-refractivity contribution is 6.07. The molecule has 2 bridgehead atoms. The fourth-order valence-corrected chi connectivity index (χ4v) is 4.26. The number of carbonyl (C=O) groups excluding carboxylic acids is 3. The number of hydrogen-bond donors (Lipinski definition) is 0. The van der Waals surface area contributed by atoms with Crippen LogP contribution in [0.15, 0.2) is 35.5 Å².